The van der Waals surface area contributed by atoms with E-state index < -0.39 is 11.7 Å². The maximum Gasteiger partial charge on any atom is 0.383 e. The van der Waals surface area contributed by atoms with Gasteiger partial charge < -0.3 is 29.2 Å². The summed E-state index contributed by atoms with van der Waals surface area (Å²) < 4.78 is 16.0. The van der Waals surface area contributed by atoms with Crippen LogP contribution >= 0.6 is 0 Å². The van der Waals surface area contributed by atoms with Gasteiger partial charge in [-0.05, 0) is 31.1 Å². The molecule has 0 aliphatic rings. The summed E-state index contributed by atoms with van der Waals surface area (Å²) in [6.45, 7) is 2.00. The van der Waals surface area contributed by atoms with Crippen LogP contribution < -0.4 is 15.1 Å². The molecule has 1 atom stereocenters. The molecule has 0 aliphatic carbocycles. The van der Waals surface area contributed by atoms with E-state index >= 15 is 0 Å². The molecule has 28 heavy (non-hydrogen) atoms. The highest BCUT2D eigenvalue weighted by Crippen LogP contribution is 2.33. The SMILES string of the molecule is CCCCCCC=COc1c(O)c2ccc(OCCC(O)CO)cc2oc1=O. The van der Waals surface area contributed by atoms with Gasteiger partial charge in [-0.2, -0.15) is 0 Å². The molecule has 0 saturated heterocycles. The highest BCUT2D eigenvalue weighted by Gasteiger charge is 2.15. The second kappa shape index (κ2) is 11.4. The Morgan fingerprint density at radius 3 is 2.82 bits per heavy atom. The number of aliphatic hydroxyl groups excluding tert-OH is 2. The standard InChI is InChI=1S/C21H28O7/c1-2-3-4-5-6-7-11-27-20-19(24)17-9-8-16(13-18(17)28-21(20)25)26-12-10-15(23)14-22/h7-9,11,13,15,22-24H,2-6,10,12,14H2,1H3. The van der Waals surface area contributed by atoms with Crippen molar-refractivity contribution in [1.82, 2.24) is 0 Å². The second-order valence-corrected chi connectivity index (χ2v) is 6.54. The summed E-state index contributed by atoms with van der Waals surface area (Å²) in [5, 5.41) is 28.8. The van der Waals surface area contributed by atoms with Crippen LogP contribution in [0.25, 0.3) is 11.0 Å². The fourth-order valence-electron chi connectivity index (χ4n) is 2.62. The van der Waals surface area contributed by atoms with Crippen LogP contribution in [0.5, 0.6) is 17.2 Å². The van der Waals surface area contributed by atoms with Crippen molar-refractivity contribution in [1.29, 1.82) is 0 Å². The Bertz CT molecular complexity index is 825. The molecule has 1 aromatic heterocycles. The van der Waals surface area contributed by atoms with Crippen molar-refractivity contribution in [3.8, 4) is 17.2 Å². The fraction of sp³-hybridized carbons (Fsp3) is 0.476. The van der Waals surface area contributed by atoms with Crippen molar-refractivity contribution in [2.75, 3.05) is 13.2 Å². The number of aliphatic hydroxyl groups is 2. The minimum absolute atomic E-state index is 0.165. The Hall–Kier alpha value is -2.51. The van der Waals surface area contributed by atoms with Crippen LogP contribution in [0.2, 0.25) is 0 Å². The van der Waals surface area contributed by atoms with Crippen LogP contribution in [-0.2, 0) is 0 Å². The molecule has 0 aliphatic heterocycles. The zero-order chi connectivity index (χ0) is 20.4. The summed E-state index contributed by atoms with van der Waals surface area (Å²) >= 11 is 0. The van der Waals surface area contributed by atoms with Crippen LogP contribution in [0.15, 0.2) is 39.7 Å². The van der Waals surface area contributed by atoms with Gasteiger partial charge in [0.15, 0.2) is 5.75 Å². The average Bonchev–Trinajstić information content (AvgIpc) is 2.69. The third kappa shape index (κ3) is 6.28. The van der Waals surface area contributed by atoms with E-state index in [9.17, 15) is 15.0 Å². The minimum atomic E-state index is -0.846. The number of unbranched alkanes of at least 4 members (excludes halogenated alkanes) is 4. The number of ether oxygens (including phenoxy) is 2. The first-order valence-electron chi connectivity index (χ1n) is 9.60. The number of allylic oxidation sites excluding steroid dienone is 1. The lowest BCUT2D eigenvalue weighted by Crippen LogP contribution is -2.15. The van der Waals surface area contributed by atoms with Crippen molar-refractivity contribution in [3.63, 3.8) is 0 Å². The number of benzene rings is 1. The Morgan fingerprint density at radius 1 is 1.25 bits per heavy atom. The number of rotatable bonds is 12. The lowest BCUT2D eigenvalue weighted by molar-refractivity contribution is 0.0754. The smallest absolute Gasteiger partial charge is 0.383 e. The Kier molecular flexibility index (Phi) is 8.84. The third-order valence-corrected chi connectivity index (χ3v) is 4.25. The van der Waals surface area contributed by atoms with Gasteiger partial charge in [0.25, 0.3) is 5.75 Å². The van der Waals surface area contributed by atoms with Gasteiger partial charge in [0.05, 0.1) is 31.0 Å². The Labute approximate surface area is 163 Å². The molecule has 1 heterocycles. The highest BCUT2D eigenvalue weighted by molar-refractivity contribution is 5.86. The third-order valence-electron chi connectivity index (χ3n) is 4.25. The van der Waals surface area contributed by atoms with E-state index in [1.807, 2.05) is 6.08 Å². The van der Waals surface area contributed by atoms with Gasteiger partial charge in [-0.3, -0.25) is 0 Å². The molecular weight excluding hydrogens is 364 g/mol. The van der Waals surface area contributed by atoms with Crippen LogP contribution in [-0.4, -0.2) is 34.6 Å². The molecule has 0 amide bonds. The molecule has 0 spiro atoms. The van der Waals surface area contributed by atoms with E-state index in [1.54, 1.807) is 12.1 Å². The van der Waals surface area contributed by atoms with Crippen LogP contribution in [0.3, 0.4) is 0 Å². The largest absolute Gasteiger partial charge is 0.504 e. The van der Waals surface area contributed by atoms with Gasteiger partial charge in [-0.1, -0.05) is 26.2 Å². The van der Waals surface area contributed by atoms with Crippen LogP contribution in [0, 0.1) is 0 Å². The number of hydrogen-bond donors (Lipinski definition) is 3. The van der Waals surface area contributed by atoms with Crippen molar-refractivity contribution >= 4 is 11.0 Å². The van der Waals surface area contributed by atoms with Gasteiger partial charge in [0.1, 0.15) is 11.3 Å². The summed E-state index contributed by atoms with van der Waals surface area (Å²) in [7, 11) is 0. The Morgan fingerprint density at radius 2 is 2.07 bits per heavy atom. The van der Waals surface area contributed by atoms with Gasteiger partial charge >= 0.3 is 5.63 Å². The normalized spacial score (nSPS) is 12.5. The zero-order valence-corrected chi connectivity index (χ0v) is 16.1. The molecule has 7 heteroatoms. The molecule has 0 saturated carbocycles. The summed E-state index contributed by atoms with van der Waals surface area (Å²) in [5.74, 6) is -0.123. The van der Waals surface area contributed by atoms with E-state index in [4.69, 9.17) is 19.0 Å². The summed E-state index contributed by atoms with van der Waals surface area (Å²) in [6, 6.07) is 4.66. The maximum atomic E-state index is 12.1. The fourth-order valence-corrected chi connectivity index (χ4v) is 2.62. The van der Waals surface area contributed by atoms with E-state index in [0.717, 1.165) is 19.3 Å². The van der Waals surface area contributed by atoms with E-state index in [-0.39, 0.29) is 36.7 Å². The molecule has 3 N–H and O–H groups in total. The molecule has 2 rings (SSSR count). The molecule has 0 fully saturated rings. The predicted octanol–water partition coefficient (Wildman–Crippen LogP) is 3.48. The van der Waals surface area contributed by atoms with Gasteiger partial charge in [0.2, 0.25) is 0 Å². The molecule has 1 unspecified atom stereocenters. The first-order valence-corrected chi connectivity index (χ1v) is 9.60. The second-order valence-electron chi connectivity index (χ2n) is 6.54. The number of hydrogen-bond acceptors (Lipinski definition) is 7. The summed E-state index contributed by atoms with van der Waals surface area (Å²) in [4.78, 5) is 12.1. The maximum absolute atomic E-state index is 12.1. The van der Waals surface area contributed by atoms with Crippen molar-refractivity contribution < 1.29 is 29.2 Å². The van der Waals surface area contributed by atoms with Crippen LogP contribution in [0.1, 0.15) is 45.4 Å². The van der Waals surface area contributed by atoms with Crippen molar-refractivity contribution in [3.05, 3.63) is 41.0 Å². The van der Waals surface area contributed by atoms with Crippen LogP contribution in [0.4, 0.5) is 0 Å². The van der Waals surface area contributed by atoms with E-state index in [2.05, 4.69) is 6.92 Å². The number of aromatic hydroxyl groups is 1. The first kappa shape index (κ1) is 21.8. The lowest BCUT2D eigenvalue weighted by Gasteiger charge is -2.10. The molecule has 0 radical (unpaired) electrons. The lowest BCUT2D eigenvalue weighted by atomic mass is 10.1. The molecular formula is C21H28O7. The zero-order valence-electron chi connectivity index (χ0n) is 16.1. The molecule has 1 aromatic carbocycles. The minimum Gasteiger partial charge on any atom is -0.504 e. The van der Waals surface area contributed by atoms with Gasteiger partial charge in [0, 0.05) is 12.5 Å². The monoisotopic (exact) mass is 392 g/mol. The first-order chi connectivity index (χ1) is 13.6. The summed E-state index contributed by atoms with van der Waals surface area (Å²) in [5.41, 5.74) is -0.618. The van der Waals surface area contributed by atoms with Gasteiger partial charge in [-0.25, -0.2) is 4.79 Å². The molecule has 7 nitrogen and oxygen atoms in total. The average molecular weight is 392 g/mol. The molecule has 154 valence electrons. The van der Waals surface area contributed by atoms with Crippen molar-refractivity contribution in [2.45, 2.75) is 51.6 Å². The predicted molar refractivity (Wildman–Crippen MR) is 106 cm³/mol. The topological polar surface area (TPSA) is 109 Å². The van der Waals surface area contributed by atoms with Gasteiger partial charge in [-0.15, -0.1) is 0 Å². The summed E-state index contributed by atoms with van der Waals surface area (Å²) in [6.07, 6.45) is 8.03. The quantitative estimate of drug-likeness (QED) is 0.288. The molecule has 2 aromatic rings. The van der Waals surface area contributed by atoms with Crippen molar-refractivity contribution in [2.24, 2.45) is 0 Å². The Balaban J connectivity index is 2.04. The number of fused-ring (bicyclic) bond motifs is 1. The van der Waals surface area contributed by atoms with E-state index in [1.165, 1.54) is 25.2 Å². The molecule has 0 bridgehead atoms. The van der Waals surface area contributed by atoms with E-state index in [0.29, 0.717) is 11.1 Å². The highest BCUT2D eigenvalue weighted by atomic mass is 16.5.